The van der Waals surface area contributed by atoms with E-state index in [1.54, 1.807) is 44.0 Å². The number of nitrogens with zero attached hydrogens (tertiary/aromatic N) is 1. The van der Waals surface area contributed by atoms with Crippen LogP contribution in [0.2, 0.25) is 10.0 Å². The maximum absolute atomic E-state index is 13.0. The van der Waals surface area contributed by atoms with E-state index in [1.807, 2.05) is 6.92 Å². The largest absolute Gasteiger partial charge is 0.478 e. The van der Waals surface area contributed by atoms with Crippen LogP contribution in [0, 0.1) is 0 Å². The number of halogens is 2. The minimum absolute atomic E-state index is 0.0257. The lowest BCUT2D eigenvalue weighted by molar-refractivity contribution is -0.164. The highest BCUT2D eigenvalue weighted by Gasteiger charge is 2.40. The standard InChI is InChI=1S/C21H23Cl2NO6/c1-5-7-15(25)29-10-30-21(28)17-12(3)24(4)11(2)16(20(26)27)18(17)13-8-6-9-14(22)19(13)23/h6,8-9,18H,5,7,10H2,1-4H3,(H,26,27)/t18-/m0/s1. The highest BCUT2D eigenvalue weighted by molar-refractivity contribution is 6.42. The van der Waals surface area contributed by atoms with Crippen LogP contribution >= 0.6 is 23.2 Å². The summed E-state index contributed by atoms with van der Waals surface area (Å²) in [5.41, 5.74) is 1.36. The van der Waals surface area contributed by atoms with Crippen LogP contribution < -0.4 is 0 Å². The summed E-state index contributed by atoms with van der Waals surface area (Å²) in [6, 6.07) is 4.81. The zero-order valence-electron chi connectivity index (χ0n) is 17.1. The Morgan fingerprint density at radius 2 is 1.73 bits per heavy atom. The summed E-state index contributed by atoms with van der Waals surface area (Å²) in [5.74, 6) is -3.51. The quantitative estimate of drug-likeness (QED) is 0.477. The number of allylic oxidation sites excluding steroid dienone is 2. The van der Waals surface area contributed by atoms with E-state index in [0.29, 0.717) is 23.4 Å². The highest BCUT2D eigenvalue weighted by atomic mass is 35.5. The van der Waals surface area contributed by atoms with Crippen molar-refractivity contribution < 1.29 is 29.0 Å². The molecule has 0 radical (unpaired) electrons. The van der Waals surface area contributed by atoms with E-state index >= 15 is 0 Å². The maximum atomic E-state index is 13.0. The molecule has 0 fully saturated rings. The second kappa shape index (κ2) is 10.00. The fraction of sp³-hybridized carbons (Fsp3) is 0.381. The van der Waals surface area contributed by atoms with E-state index < -0.39 is 30.6 Å². The molecular weight excluding hydrogens is 433 g/mol. The first-order valence-corrected chi connectivity index (χ1v) is 10.0. The summed E-state index contributed by atoms with van der Waals surface area (Å²) >= 11 is 12.5. The van der Waals surface area contributed by atoms with Gasteiger partial charge in [-0.1, -0.05) is 42.3 Å². The van der Waals surface area contributed by atoms with E-state index in [1.165, 1.54) is 0 Å². The first-order chi connectivity index (χ1) is 14.1. The molecule has 0 aliphatic carbocycles. The number of carbonyl (C=O) groups excluding carboxylic acids is 2. The number of carboxylic acid groups (broad SMARTS) is 1. The molecule has 30 heavy (non-hydrogen) atoms. The van der Waals surface area contributed by atoms with E-state index in [2.05, 4.69) is 0 Å². The minimum Gasteiger partial charge on any atom is -0.478 e. The van der Waals surface area contributed by atoms with Gasteiger partial charge in [0.1, 0.15) is 0 Å². The average molecular weight is 456 g/mol. The van der Waals surface area contributed by atoms with Crippen LogP contribution in [0.1, 0.15) is 45.1 Å². The lowest BCUT2D eigenvalue weighted by Crippen LogP contribution is -2.33. The molecule has 162 valence electrons. The third kappa shape index (κ3) is 4.79. The van der Waals surface area contributed by atoms with Crippen molar-refractivity contribution in [3.63, 3.8) is 0 Å². The average Bonchev–Trinajstić information content (AvgIpc) is 2.67. The number of esters is 2. The number of carboxylic acids is 1. The third-order valence-corrected chi connectivity index (χ3v) is 5.80. The summed E-state index contributed by atoms with van der Waals surface area (Å²) in [7, 11) is 1.65. The number of carbonyl (C=O) groups is 3. The number of benzene rings is 1. The van der Waals surface area contributed by atoms with Crippen molar-refractivity contribution in [1.29, 1.82) is 0 Å². The van der Waals surface area contributed by atoms with Gasteiger partial charge in [0.2, 0.25) is 6.79 Å². The molecule has 1 aromatic rings. The Balaban J connectivity index is 2.51. The van der Waals surface area contributed by atoms with Gasteiger partial charge in [-0.05, 0) is 31.9 Å². The first-order valence-electron chi connectivity index (χ1n) is 9.26. The van der Waals surface area contributed by atoms with Gasteiger partial charge in [-0.3, -0.25) is 4.79 Å². The Hall–Kier alpha value is -2.51. The molecule has 1 aromatic carbocycles. The van der Waals surface area contributed by atoms with E-state index in [9.17, 15) is 19.5 Å². The van der Waals surface area contributed by atoms with Gasteiger partial charge in [0, 0.05) is 24.9 Å². The second-order valence-corrected chi connectivity index (χ2v) is 7.54. The zero-order chi connectivity index (χ0) is 22.6. The molecule has 1 atom stereocenters. The Labute approximate surface area is 184 Å². The van der Waals surface area contributed by atoms with Crippen LogP contribution in [0.25, 0.3) is 0 Å². The third-order valence-electron chi connectivity index (χ3n) is 4.97. The van der Waals surface area contributed by atoms with Crippen LogP contribution in [-0.4, -0.2) is 41.8 Å². The van der Waals surface area contributed by atoms with Crippen LogP contribution in [0.5, 0.6) is 0 Å². The Morgan fingerprint density at radius 3 is 2.33 bits per heavy atom. The molecule has 9 heteroatoms. The topological polar surface area (TPSA) is 93.1 Å². The van der Waals surface area contributed by atoms with E-state index in [4.69, 9.17) is 32.7 Å². The first kappa shape index (κ1) is 23.8. The number of hydrogen-bond donors (Lipinski definition) is 1. The van der Waals surface area contributed by atoms with Crippen LogP contribution in [0.3, 0.4) is 0 Å². The predicted molar refractivity (Wildman–Crippen MR) is 112 cm³/mol. The Morgan fingerprint density at radius 1 is 1.10 bits per heavy atom. The number of rotatable bonds is 7. The van der Waals surface area contributed by atoms with Crippen molar-refractivity contribution in [2.24, 2.45) is 0 Å². The Bertz CT molecular complexity index is 937. The minimum atomic E-state index is -1.20. The molecule has 2 rings (SSSR count). The molecule has 0 unspecified atom stereocenters. The summed E-state index contributed by atoms with van der Waals surface area (Å²) in [5, 5.41) is 10.3. The van der Waals surface area contributed by atoms with E-state index in [-0.39, 0.29) is 27.6 Å². The molecule has 1 N–H and O–H groups in total. The second-order valence-electron chi connectivity index (χ2n) is 6.75. The molecule has 1 aliphatic rings. The van der Waals surface area contributed by atoms with Gasteiger partial charge in [-0.15, -0.1) is 0 Å². The molecule has 7 nitrogen and oxygen atoms in total. The number of hydrogen-bond acceptors (Lipinski definition) is 6. The summed E-state index contributed by atoms with van der Waals surface area (Å²) < 4.78 is 10.0. The lowest BCUT2D eigenvalue weighted by atomic mass is 9.80. The molecule has 0 saturated carbocycles. The zero-order valence-corrected chi connectivity index (χ0v) is 18.6. The van der Waals surface area contributed by atoms with Gasteiger partial charge in [0.25, 0.3) is 0 Å². The Kier molecular flexibility index (Phi) is 7.92. The summed E-state index contributed by atoms with van der Waals surface area (Å²) in [6.07, 6.45) is 0.803. The monoisotopic (exact) mass is 455 g/mol. The van der Waals surface area contributed by atoms with Crippen molar-refractivity contribution in [1.82, 2.24) is 4.90 Å². The lowest BCUT2D eigenvalue weighted by Gasteiger charge is -2.35. The van der Waals surface area contributed by atoms with Gasteiger partial charge >= 0.3 is 17.9 Å². The van der Waals surface area contributed by atoms with Crippen molar-refractivity contribution in [2.45, 2.75) is 39.5 Å². The van der Waals surface area contributed by atoms with Crippen LogP contribution in [0.4, 0.5) is 0 Å². The normalized spacial score (nSPS) is 16.6. The van der Waals surface area contributed by atoms with Gasteiger partial charge in [0.15, 0.2) is 0 Å². The molecule has 0 bridgehead atoms. The van der Waals surface area contributed by atoms with Gasteiger partial charge in [-0.2, -0.15) is 0 Å². The molecule has 0 spiro atoms. The summed E-state index contributed by atoms with van der Waals surface area (Å²) in [4.78, 5) is 38.2. The van der Waals surface area contributed by atoms with Gasteiger partial charge < -0.3 is 19.5 Å². The van der Waals surface area contributed by atoms with Crippen molar-refractivity contribution in [3.8, 4) is 0 Å². The maximum Gasteiger partial charge on any atom is 0.339 e. The SMILES string of the molecule is CCCC(=O)OCOC(=O)C1=C(C)N(C)C(C)=C(C(=O)O)[C@@H]1c1cccc(Cl)c1Cl. The molecule has 0 amide bonds. The van der Waals surface area contributed by atoms with Crippen LogP contribution in [0.15, 0.2) is 40.7 Å². The molecule has 1 heterocycles. The summed E-state index contributed by atoms with van der Waals surface area (Å²) in [6.45, 7) is 4.57. The number of ether oxygens (including phenoxy) is 2. The van der Waals surface area contributed by atoms with Crippen molar-refractivity contribution >= 4 is 41.1 Å². The molecule has 0 saturated heterocycles. The van der Waals surface area contributed by atoms with Crippen molar-refractivity contribution in [3.05, 3.63) is 56.3 Å². The molecular formula is C21H23Cl2NO6. The number of aliphatic carboxylic acids is 1. The predicted octanol–water partition coefficient (Wildman–Crippen LogP) is 4.50. The fourth-order valence-electron chi connectivity index (χ4n) is 3.28. The van der Waals surface area contributed by atoms with E-state index in [0.717, 1.165) is 0 Å². The molecule has 1 aliphatic heterocycles. The van der Waals surface area contributed by atoms with Crippen molar-refractivity contribution in [2.75, 3.05) is 13.8 Å². The molecule has 0 aromatic heterocycles. The smallest absolute Gasteiger partial charge is 0.339 e. The highest BCUT2D eigenvalue weighted by Crippen LogP contribution is 2.45. The van der Waals surface area contributed by atoms with Gasteiger partial charge in [0.05, 0.1) is 27.1 Å². The van der Waals surface area contributed by atoms with Gasteiger partial charge in [-0.25, -0.2) is 9.59 Å². The van der Waals surface area contributed by atoms with Crippen LogP contribution in [-0.2, 0) is 23.9 Å². The fourth-order valence-corrected chi connectivity index (χ4v) is 3.69.